The summed E-state index contributed by atoms with van der Waals surface area (Å²) in [7, 11) is 0. The number of carbonyl (C=O) groups excluding carboxylic acids is 2. The van der Waals surface area contributed by atoms with Gasteiger partial charge in [0.15, 0.2) is 0 Å². The first-order chi connectivity index (χ1) is 18.4. The number of nitriles is 1. The van der Waals surface area contributed by atoms with Crippen LogP contribution in [0, 0.1) is 18.3 Å². The highest BCUT2D eigenvalue weighted by Gasteiger charge is 2.36. The van der Waals surface area contributed by atoms with Crippen LogP contribution in [0.1, 0.15) is 31.1 Å². The van der Waals surface area contributed by atoms with E-state index < -0.39 is 5.92 Å². The number of allylic oxidation sites excluding steroid dienone is 2. The molecule has 0 radical (unpaired) electrons. The number of ether oxygens (including phenoxy) is 1. The zero-order valence-electron chi connectivity index (χ0n) is 21.3. The largest absolute Gasteiger partial charge is 0.492 e. The quantitative estimate of drug-likeness (QED) is 0.326. The third kappa shape index (κ3) is 6.10. The number of hydrogen-bond donors (Lipinski definition) is 3. The Bertz CT molecular complexity index is 1440. The first kappa shape index (κ1) is 26.6. The van der Waals surface area contributed by atoms with Crippen LogP contribution in [0.5, 0.6) is 5.75 Å². The second-order valence-corrected chi connectivity index (χ2v) is 9.54. The maximum absolute atomic E-state index is 13.5. The van der Waals surface area contributed by atoms with Gasteiger partial charge in [-0.2, -0.15) is 5.26 Å². The van der Waals surface area contributed by atoms with Gasteiger partial charge in [0.2, 0.25) is 5.91 Å². The van der Waals surface area contributed by atoms with Gasteiger partial charge in [0.25, 0.3) is 5.91 Å². The Labute approximate surface area is 225 Å². The van der Waals surface area contributed by atoms with E-state index in [0.717, 1.165) is 5.56 Å². The smallest absolute Gasteiger partial charge is 0.254 e. The number of benzene rings is 2. The Balaban J connectivity index is 1.57. The summed E-state index contributed by atoms with van der Waals surface area (Å²) in [5.41, 5.74) is 3.48. The van der Waals surface area contributed by atoms with Gasteiger partial charge >= 0.3 is 0 Å². The summed E-state index contributed by atoms with van der Waals surface area (Å²) >= 11 is 1.19. The molecule has 0 spiro atoms. The van der Waals surface area contributed by atoms with Crippen molar-refractivity contribution in [3.05, 3.63) is 100 Å². The molecule has 4 rings (SSSR count). The summed E-state index contributed by atoms with van der Waals surface area (Å²) in [6.07, 6.45) is 1.51. The fourth-order valence-corrected chi connectivity index (χ4v) is 5.06. The van der Waals surface area contributed by atoms with Gasteiger partial charge in [-0.15, -0.1) is 0 Å². The van der Waals surface area contributed by atoms with E-state index >= 15 is 0 Å². The lowest BCUT2D eigenvalue weighted by atomic mass is 9.85. The maximum Gasteiger partial charge on any atom is 0.254 e. The van der Waals surface area contributed by atoms with E-state index in [4.69, 9.17) is 9.15 Å². The molecule has 9 heteroatoms. The Morgan fingerprint density at radius 2 is 1.92 bits per heavy atom. The van der Waals surface area contributed by atoms with Crippen molar-refractivity contribution in [3.8, 4) is 11.8 Å². The second-order valence-electron chi connectivity index (χ2n) is 8.56. The predicted octanol–water partition coefficient (Wildman–Crippen LogP) is 5.69. The minimum atomic E-state index is -0.731. The molecule has 3 N–H and O–H groups in total. The fourth-order valence-electron chi connectivity index (χ4n) is 4.16. The Morgan fingerprint density at radius 3 is 2.63 bits per heavy atom. The van der Waals surface area contributed by atoms with Crippen molar-refractivity contribution in [1.29, 1.82) is 5.26 Å². The molecule has 3 aromatic rings. The number of thioether (sulfide) groups is 1. The molecule has 2 amide bonds. The molecule has 0 bridgehead atoms. The van der Waals surface area contributed by atoms with Gasteiger partial charge in [-0.1, -0.05) is 36.0 Å². The Hall–Kier alpha value is -4.42. The summed E-state index contributed by atoms with van der Waals surface area (Å²) in [4.78, 5) is 26.2. The molecule has 1 aliphatic heterocycles. The Kier molecular flexibility index (Phi) is 8.56. The molecule has 0 unspecified atom stereocenters. The number of anilines is 2. The zero-order chi connectivity index (χ0) is 27.1. The number of nitrogens with zero attached hydrogens (tertiary/aromatic N) is 1. The molecule has 0 saturated heterocycles. The van der Waals surface area contributed by atoms with Crippen LogP contribution in [0.3, 0.4) is 0 Å². The van der Waals surface area contributed by atoms with Crippen LogP contribution in [-0.4, -0.2) is 24.2 Å². The molecular weight excluding hydrogens is 500 g/mol. The number of dihydropyridines is 1. The van der Waals surface area contributed by atoms with Crippen LogP contribution in [-0.2, 0) is 9.59 Å². The highest BCUT2D eigenvalue weighted by molar-refractivity contribution is 8.03. The third-order valence-corrected chi connectivity index (χ3v) is 6.82. The van der Waals surface area contributed by atoms with Crippen molar-refractivity contribution in [2.75, 3.05) is 23.0 Å². The van der Waals surface area contributed by atoms with E-state index in [9.17, 15) is 14.9 Å². The maximum atomic E-state index is 13.5. The molecule has 2 aromatic carbocycles. The van der Waals surface area contributed by atoms with Gasteiger partial charge in [-0.05, 0) is 62.7 Å². The molecule has 0 saturated carbocycles. The third-order valence-electron chi connectivity index (χ3n) is 5.80. The van der Waals surface area contributed by atoms with Crippen LogP contribution in [0.15, 0.2) is 93.2 Å². The summed E-state index contributed by atoms with van der Waals surface area (Å²) < 4.78 is 11.2. The van der Waals surface area contributed by atoms with E-state index in [1.807, 2.05) is 50.2 Å². The number of amides is 2. The molecule has 8 nitrogen and oxygen atoms in total. The molecule has 2 heterocycles. The van der Waals surface area contributed by atoms with Crippen molar-refractivity contribution >= 4 is 35.0 Å². The lowest BCUT2D eigenvalue weighted by Gasteiger charge is -2.28. The van der Waals surface area contributed by atoms with E-state index in [-0.39, 0.29) is 17.6 Å². The molecular formula is C29H28N4O4S. The van der Waals surface area contributed by atoms with Crippen molar-refractivity contribution in [2.24, 2.45) is 0 Å². The van der Waals surface area contributed by atoms with Gasteiger partial charge in [-0.25, -0.2) is 0 Å². The minimum absolute atomic E-state index is 0.0386. The van der Waals surface area contributed by atoms with Gasteiger partial charge in [0.05, 0.1) is 52.5 Å². The van der Waals surface area contributed by atoms with Gasteiger partial charge in [0, 0.05) is 11.4 Å². The molecule has 1 aromatic heterocycles. The lowest BCUT2D eigenvalue weighted by molar-refractivity contribution is -0.114. The molecule has 0 fully saturated rings. The summed E-state index contributed by atoms with van der Waals surface area (Å²) in [6.45, 7) is 6.07. The van der Waals surface area contributed by atoms with Gasteiger partial charge in [-0.3, -0.25) is 9.59 Å². The van der Waals surface area contributed by atoms with Crippen molar-refractivity contribution in [2.45, 2.75) is 26.7 Å². The van der Waals surface area contributed by atoms with Crippen LogP contribution >= 0.6 is 11.8 Å². The highest BCUT2D eigenvalue weighted by Crippen LogP contribution is 2.41. The number of rotatable bonds is 9. The minimum Gasteiger partial charge on any atom is -0.492 e. The van der Waals surface area contributed by atoms with E-state index in [1.165, 1.54) is 18.0 Å². The summed E-state index contributed by atoms with van der Waals surface area (Å²) in [5, 5.41) is 19.6. The van der Waals surface area contributed by atoms with Crippen molar-refractivity contribution in [1.82, 2.24) is 5.32 Å². The molecule has 38 heavy (non-hydrogen) atoms. The molecule has 0 aliphatic carbocycles. The van der Waals surface area contributed by atoms with E-state index in [1.54, 1.807) is 31.2 Å². The zero-order valence-corrected chi connectivity index (χ0v) is 22.1. The molecule has 194 valence electrons. The number of hydrogen-bond acceptors (Lipinski definition) is 7. The van der Waals surface area contributed by atoms with Crippen LogP contribution in [0.4, 0.5) is 11.4 Å². The van der Waals surface area contributed by atoms with E-state index in [2.05, 4.69) is 22.0 Å². The SMILES string of the molecule is CCOc1ccccc1NC(=O)CSC1=C(C#N)[C@@H](c2ccco2)C(C(=O)Nc2cccc(C)c2)=C(C)N1. The highest BCUT2D eigenvalue weighted by atomic mass is 32.2. The normalized spacial score (nSPS) is 14.9. The number of furan rings is 1. The van der Waals surface area contributed by atoms with Crippen molar-refractivity contribution in [3.63, 3.8) is 0 Å². The number of carbonyl (C=O) groups is 2. The fraction of sp³-hybridized carbons (Fsp3) is 0.207. The van der Waals surface area contributed by atoms with Crippen LogP contribution in [0.2, 0.25) is 0 Å². The predicted molar refractivity (Wildman–Crippen MR) is 148 cm³/mol. The van der Waals surface area contributed by atoms with Gasteiger partial charge < -0.3 is 25.1 Å². The lowest BCUT2D eigenvalue weighted by Crippen LogP contribution is -2.31. The number of aryl methyl sites for hydroxylation is 1. The molecule has 1 atom stereocenters. The Morgan fingerprint density at radius 1 is 1.11 bits per heavy atom. The number of para-hydroxylation sites is 2. The average Bonchev–Trinajstić information content (AvgIpc) is 3.43. The summed E-state index contributed by atoms with van der Waals surface area (Å²) in [5.74, 6) is -0.244. The van der Waals surface area contributed by atoms with Crippen LogP contribution < -0.4 is 20.7 Å². The first-order valence-electron chi connectivity index (χ1n) is 12.1. The summed E-state index contributed by atoms with van der Waals surface area (Å²) in [6, 6.07) is 20.4. The van der Waals surface area contributed by atoms with Crippen LogP contribution in [0.25, 0.3) is 0 Å². The standard InChI is InChI=1S/C29H28N4O4S/c1-4-36-23-12-6-5-11-22(23)33-25(34)17-38-29-21(16-30)27(24-13-8-14-37-24)26(19(3)31-29)28(35)32-20-10-7-9-18(2)15-20/h5-15,27,31H,4,17H2,1-3H3,(H,32,35)(H,33,34)/t27-/m0/s1. The van der Waals surface area contributed by atoms with E-state index in [0.29, 0.717) is 51.4 Å². The topological polar surface area (TPSA) is 116 Å². The number of nitrogens with one attached hydrogen (secondary N) is 3. The second kappa shape index (κ2) is 12.2. The first-order valence-corrected chi connectivity index (χ1v) is 13.1. The molecule has 1 aliphatic rings. The monoisotopic (exact) mass is 528 g/mol. The average molecular weight is 529 g/mol. The van der Waals surface area contributed by atoms with Crippen molar-refractivity contribution < 1.29 is 18.7 Å². The van der Waals surface area contributed by atoms with Gasteiger partial charge in [0.1, 0.15) is 11.5 Å².